The summed E-state index contributed by atoms with van der Waals surface area (Å²) in [6, 6.07) is 7.54. The topological polar surface area (TPSA) is 120 Å². The van der Waals surface area contributed by atoms with Crippen LogP contribution in [0.5, 0.6) is 0 Å². The molecule has 0 radical (unpaired) electrons. The number of aliphatic hydroxyl groups is 1. The lowest BCUT2D eigenvalue weighted by molar-refractivity contribution is -0.195. The maximum Gasteiger partial charge on any atom is 0.511 e. The molecule has 1 amide bonds. The summed E-state index contributed by atoms with van der Waals surface area (Å²) in [5, 5.41) is 9.92. The van der Waals surface area contributed by atoms with Crippen LogP contribution < -0.4 is 0 Å². The molecule has 12 heteroatoms. The van der Waals surface area contributed by atoms with Gasteiger partial charge in [-0.3, -0.25) is 4.79 Å². The van der Waals surface area contributed by atoms with Crippen LogP contribution >= 0.6 is 27.7 Å². The van der Waals surface area contributed by atoms with E-state index in [4.69, 9.17) is 14.2 Å². The first-order chi connectivity index (χ1) is 16.0. The fraction of sp³-hybridized carbons (Fsp3) is 0.545. The fourth-order valence-corrected chi connectivity index (χ4v) is 7.37. The number of hydrogen-bond donors (Lipinski definition) is 1. The number of imidazole rings is 1. The van der Waals surface area contributed by atoms with Crippen LogP contribution in [0.1, 0.15) is 33.5 Å². The number of thioether (sulfide) groups is 1. The lowest BCUT2D eigenvalue weighted by Crippen LogP contribution is -2.76. The first-order valence-corrected chi connectivity index (χ1v) is 12.4. The Balaban J connectivity index is 1.67. The van der Waals surface area contributed by atoms with Crippen LogP contribution in [0.15, 0.2) is 24.3 Å². The minimum absolute atomic E-state index is 0.100. The Kier molecular flexibility index (Phi) is 6.14. The number of ether oxygens (including phenoxy) is 3. The number of nitrogens with zero attached hydrogens (tertiary/aromatic N) is 3. The highest BCUT2D eigenvalue weighted by Gasteiger charge is 2.79. The van der Waals surface area contributed by atoms with Gasteiger partial charge in [-0.25, -0.2) is 14.6 Å². The van der Waals surface area contributed by atoms with Crippen molar-refractivity contribution in [1.29, 1.82) is 0 Å². The average molecular weight is 556 g/mol. The van der Waals surface area contributed by atoms with Gasteiger partial charge in [0.05, 0.1) is 24.2 Å². The molecule has 2 saturated heterocycles. The summed E-state index contributed by atoms with van der Waals surface area (Å²) in [5.41, 5.74) is -0.0965. The Hall–Kier alpha value is -2.31. The van der Waals surface area contributed by atoms with Crippen LogP contribution in [0, 0.1) is 0 Å². The smallest absolute Gasteiger partial charge is 0.435 e. The zero-order valence-electron chi connectivity index (χ0n) is 19.4. The Labute approximate surface area is 209 Å². The second-order valence-electron chi connectivity index (χ2n) is 8.64. The van der Waals surface area contributed by atoms with E-state index >= 15 is 0 Å². The first-order valence-electron chi connectivity index (χ1n) is 10.7. The van der Waals surface area contributed by atoms with Gasteiger partial charge in [0.25, 0.3) is 5.91 Å². The van der Waals surface area contributed by atoms with E-state index in [1.165, 1.54) is 23.6 Å². The van der Waals surface area contributed by atoms with E-state index in [0.29, 0.717) is 5.82 Å². The van der Waals surface area contributed by atoms with Crippen molar-refractivity contribution in [2.45, 2.75) is 54.0 Å². The van der Waals surface area contributed by atoms with Gasteiger partial charge >= 0.3 is 12.1 Å². The highest BCUT2D eigenvalue weighted by atomic mass is 79.9. The Morgan fingerprint density at radius 2 is 1.97 bits per heavy atom. The van der Waals surface area contributed by atoms with Crippen molar-refractivity contribution in [3.05, 3.63) is 30.1 Å². The van der Waals surface area contributed by atoms with Gasteiger partial charge in [0.2, 0.25) is 6.29 Å². The van der Waals surface area contributed by atoms with Crippen LogP contribution in [0.4, 0.5) is 4.79 Å². The molecule has 1 unspecified atom stereocenters. The number of aromatic nitrogens is 2. The predicted octanol–water partition coefficient (Wildman–Crippen LogP) is 2.65. The van der Waals surface area contributed by atoms with Gasteiger partial charge in [-0.2, -0.15) is 0 Å². The van der Waals surface area contributed by atoms with Crippen LogP contribution in [-0.4, -0.2) is 72.8 Å². The first kappa shape index (κ1) is 24.8. The molecule has 4 rings (SSSR count). The number of esters is 1. The molecule has 3 heterocycles. The summed E-state index contributed by atoms with van der Waals surface area (Å²) in [4.78, 5) is 44.7. The van der Waals surface area contributed by atoms with Gasteiger partial charge in [0, 0.05) is 18.7 Å². The van der Waals surface area contributed by atoms with Crippen molar-refractivity contribution in [3.8, 4) is 0 Å². The highest BCUT2D eigenvalue weighted by molar-refractivity contribution is 9.10. The number of rotatable bonds is 6. The van der Waals surface area contributed by atoms with Gasteiger partial charge in [-0.1, -0.05) is 28.1 Å². The fourth-order valence-electron chi connectivity index (χ4n) is 4.59. The van der Waals surface area contributed by atoms with Crippen LogP contribution in [0.25, 0.3) is 11.0 Å². The molecule has 2 aromatic rings. The van der Waals surface area contributed by atoms with Gasteiger partial charge in [0.1, 0.15) is 11.2 Å². The number of carbonyl (C=O) groups excluding carboxylic acids is 3. The van der Waals surface area contributed by atoms with Gasteiger partial charge in [0.15, 0.2) is 9.86 Å². The van der Waals surface area contributed by atoms with Gasteiger partial charge in [-0.15, -0.1) is 11.8 Å². The summed E-state index contributed by atoms with van der Waals surface area (Å²) in [5.74, 6) is -0.789. The number of β-lactam (4-membered cyclic amide) rings is 1. The molecule has 0 spiro atoms. The van der Waals surface area contributed by atoms with E-state index in [1.807, 2.05) is 35.9 Å². The average Bonchev–Trinajstić information content (AvgIpc) is 3.23. The van der Waals surface area contributed by atoms with E-state index < -0.39 is 50.9 Å². The minimum Gasteiger partial charge on any atom is -0.435 e. The van der Waals surface area contributed by atoms with Gasteiger partial charge in [-0.05, 0) is 32.9 Å². The van der Waals surface area contributed by atoms with Crippen molar-refractivity contribution in [2.75, 3.05) is 13.2 Å². The monoisotopic (exact) mass is 555 g/mol. The maximum atomic E-state index is 13.7. The van der Waals surface area contributed by atoms with Crippen LogP contribution in [0.2, 0.25) is 0 Å². The zero-order chi connectivity index (χ0) is 25.1. The van der Waals surface area contributed by atoms with Crippen LogP contribution in [-0.2, 0) is 35.2 Å². The van der Waals surface area contributed by atoms with E-state index in [0.717, 1.165) is 11.0 Å². The Morgan fingerprint density at radius 1 is 1.29 bits per heavy atom. The van der Waals surface area contributed by atoms with E-state index in [-0.39, 0.29) is 6.61 Å². The normalized spacial score (nSPS) is 28.3. The molecule has 1 N–H and O–H groups in total. The number of fused-ring (bicyclic) bond motifs is 2. The summed E-state index contributed by atoms with van der Waals surface area (Å²) < 4.78 is 14.7. The molecule has 10 nitrogen and oxygen atoms in total. The number of para-hydroxylation sites is 2. The number of alkyl halides is 1. The standard InChI is InChI=1S/C22H26BrN3O7S/c1-6-31-19(30)33-12(2)32-18(29)21(11-27)20(3,4)34-17-22(23,16(28)26(17)21)15-24-13-9-7-8-10-14(13)25(15)5/h7-10,12,17,27H,6,11H2,1-5H3/t12?,17-,21+,22+/m1/s1. The Morgan fingerprint density at radius 3 is 2.59 bits per heavy atom. The highest BCUT2D eigenvalue weighted by Crippen LogP contribution is 2.65. The van der Waals surface area contributed by atoms with Crippen molar-refractivity contribution in [2.24, 2.45) is 7.05 Å². The number of carbonyl (C=O) groups is 3. The summed E-state index contributed by atoms with van der Waals surface area (Å²) in [7, 11) is 1.83. The van der Waals surface area contributed by atoms with Crippen molar-refractivity contribution < 1.29 is 33.7 Å². The minimum atomic E-state index is -1.70. The number of amides is 1. The molecule has 2 fully saturated rings. The number of hydrogen-bond acceptors (Lipinski definition) is 9. The number of halogens is 1. The predicted molar refractivity (Wildman–Crippen MR) is 127 cm³/mol. The second kappa shape index (κ2) is 8.42. The molecule has 34 heavy (non-hydrogen) atoms. The molecule has 0 saturated carbocycles. The number of aliphatic hydroxyl groups excluding tert-OH is 1. The summed E-state index contributed by atoms with van der Waals surface area (Å²) in [6.07, 6.45) is -2.26. The quantitative estimate of drug-likeness (QED) is 0.248. The molecule has 1 aromatic carbocycles. The molecule has 1 aromatic heterocycles. The third kappa shape index (κ3) is 3.25. The van der Waals surface area contributed by atoms with E-state index in [1.54, 1.807) is 20.8 Å². The zero-order valence-corrected chi connectivity index (χ0v) is 21.8. The van der Waals surface area contributed by atoms with E-state index in [2.05, 4.69) is 20.9 Å². The molecule has 0 aliphatic carbocycles. The molecule has 4 atom stereocenters. The van der Waals surface area contributed by atoms with Crippen molar-refractivity contribution >= 4 is 56.8 Å². The molecule has 0 bridgehead atoms. The Bertz CT molecular complexity index is 1170. The van der Waals surface area contributed by atoms with E-state index in [9.17, 15) is 19.5 Å². The maximum absolute atomic E-state index is 13.7. The molecule has 184 valence electrons. The largest absolute Gasteiger partial charge is 0.511 e. The molecular weight excluding hydrogens is 530 g/mol. The molecular formula is C22H26BrN3O7S. The molecule has 2 aliphatic heterocycles. The lowest BCUT2D eigenvalue weighted by atomic mass is 9.79. The SMILES string of the molecule is CCOC(=O)OC(C)OC(=O)[C@]1(CO)N2C(=O)[C@@](Br)(c3nc4ccccc4n3C)[C@H]2SC1(C)C. The van der Waals surface area contributed by atoms with Crippen molar-refractivity contribution in [3.63, 3.8) is 0 Å². The summed E-state index contributed by atoms with van der Waals surface area (Å²) in [6.45, 7) is 5.93. The number of aryl methyl sites for hydroxylation is 1. The third-order valence-corrected chi connectivity index (χ3v) is 9.54. The molecule has 2 aliphatic rings. The summed E-state index contributed by atoms with van der Waals surface area (Å²) >= 11 is 5.01. The van der Waals surface area contributed by atoms with Crippen molar-refractivity contribution in [1.82, 2.24) is 14.5 Å². The van der Waals surface area contributed by atoms with Crippen LogP contribution in [0.3, 0.4) is 0 Å². The number of benzene rings is 1. The lowest BCUT2D eigenvalue weighted by Gasteiger charge is -2.53. The third-order valence-electron chi connectivity index (χ3n) is 6.39. The van der Waals surface area contributed by atoms with Gasteiger partial charge < -0.3 is 28.8 Å². The second-order valence-corrected chi connectivity index (χ2v) is 11.6.